The fourth-order valence-electron chi connectivity index (χ4n) is 8.93. The van der Waals surface area contributed by atoms with E-state index in [1.807, 2.05) is 36.4 Å². The van der Waals surface area contributed by atoms with Crippen molar-refractivity contribution in [1.29, 1.82) is 10.5 Å². The third-order valence-electron chi connectivity index (χ3n) is 13.0. The lowest BCUT2D eigenvalue weighted by atomic mass is 10.00. The number of hydrogen-bond donors (Lipinski definition) is 11. The van der Waals surface area contributed by atoms with Crippen molar-refractivity contribution >= 4 is 150 Å². The summed E-state index contributed by atoms with van der Waals surface area (Å²) in [6, 6.07) is 39.3. The number of benzene rings is 8. The summed E-state index contributed by atoms with van der Waals surface area (Å²) >= 11 is 0.966. The molecule has 10 rings (SSSR count). The van der Waals surface area contributed by atoms with E-state index in [2.05, 4.69) is 59.7 Å². The summed E-state index contributed by atoms with van der Waals surface area (Å²) in [5.41, 5.74) is 14.1. The molecular weight excluding hydrogens is 1240 g/mol. The number of pyridine rings is 1. The maximum atomic E-state index is 12.5. The number of thiophene rings is 1. The molecule has 436 valence electrons. The first-order chi connectivity index (χ1) is 40.6. The zero-order valence-electron chi connectivity index (χ0n) is 43.4. The smallest absolute Gasteiger partial charge is 0.295 e. The SMILES string of the molecule is Cc1c(C#N)c(Nc2ccc(S(=O)(=O)O)cc2)nc(Nc2ccc(S(=O)(=O)O)cc2)c1NNc1sc(N=Nc2ccc(NNc3ccc4cc(S(=O)(=O)O)cc(S(=O)(=O)O)c4c3)c3cc(S(=O)(=O)O)ccc23)c(-c2ccc3ccccc3c2)c1C#N. The number of fused-ring (bicyclic) bond motifs is 3. The standard InChI is InChI=1S/C54H39N11O15S6/c1-29-44(27-55)51(57-34-10-14-37(15-11-34)82(66,67)68)59-52(58-35-12-16-38(17-13-35)83(69,70)71)50(29)63-64-53-45(28-56)49(33-7-6-30-4-2-3-5-31(30)22-33)54(81-53)65-62-46-20-21-47(43-25-39(84(72,73)74)18-19-41(43)46)61-60-36-9-8-32-23-40(85(75,76)77)26-48(42(32)24-36)86(78,79)80/h2-26,60-61,63-64H,1H3,(H2,57,58,59)(H,66,67,68)(H,69,70,71)(H,72,73,74)(H,75,76,77)(H,78,79,80). The first kappa shape index (κ1) is 59.5. The second kappa shape index (κ2) is 22.7. The van der Waals surface area contributed by atoms with E-state index in [1.165, 1.54) is 60.7 Å². The zero-order valence-corrected chi connectivity index (χ0v) is 48.3. The predicted molar refractivity (Wildman–Crippen MR) is 321 cm³/mol. The molecule has 10 aromatic rings. The molecule has 26 nitrogen and oxygen atoms in total. The Kier molecular flexibility index (Phi) is 15.7. The number of azo groups is 1. The van der Waals surface area contributed by atoms with Crippen LogP contribution < -0.4 is 32.3 Å². The zero-order chi connectivity index (χ0) is 61.7. The quantitative estimate of drug-likeness (QED) is 0.0216. The maximum Gasteiger partial charge on any atom is 0.295 e. The highest BCUT2D eigenvalue weighted by molar-refractivity contribution is 7.87. The van der Waals surface area contributed by atoms with Crippen LogP contribution in [0.4, 0.5) is 55.8 Å². The van der Waals surface area contributed by atoms with Crippen LogP contribution in [0.15, 0.2) is 186 Å². The maximum absolute atomic E-state index is 12.5. The Hall–Kier alpha value is -9.68. The molecule has 2 aromatic heterocycles. The van der Waals surface area contributed by atoms with Crippen molar-refractivity contribution in [3.8, 4) is 23.3 Å². The molecule has 11 N–H and O–H groups in total. The van der Waals surface area contributed by atoms with Gasteiger partial charge in [0.05, 0.1) is 47.8 Å². The van der Waals surface area contributed by atoms with Gasteiger partial charge in [-0.05, 0) is 137 Å². The Bertz CT molecular complexity index is 5190. The lowest BCUT2D eigenvalue weighted by molar-refractivity contribution is 0.478. The number of nitrogens with zero attached hydrogens (tertiary/aromatic N) is 5. The second-order valence-corrected chi connectivity index (χ2v) is 26.6. The molecule has 0 fully saturated rings. The monoisotopic (exact) mass is 1270 g/mol. The van der Waals surface area contributed by atoms with Gasteiger partial charge in [0.1, 0.15) is 32.7 Å². The lowest BCUT2D eigenvalue weighted by Gasteiger charge is -2.20. The van der Waals surface area contributed by atoms with E-state index < -0.39 is 75.1 Å². The number of aromatic nitrogens is 1. The van der Waals surface area contributed by atoms with Crippen molar-refractivity contribution in [2.75, 3.05) is 32.3 Å². The van der Waals surface area contributed by atoms with Crippen LogP contribution in [0.5, 0.6) is 0 Å². The lowest BCUT2D eigenvalue weighted by Crippen LogP contribution is -2.14. The highest BCUT2D eigenvalue weighted by atomic mass is 32.2. The topological polar surface area (TPSA) is 429 Å². The van der Waals surface area contributed by atoms with Gasteiger partial charge in [-0.2, -0.15) is 52.6 Å². The van der Waals surface area contributed by atoms with E-state index in [9.17, 15) is 75.4 Å². The Labute approximate surface area is 492 Å². The van der Waals surface area contributed by atoms with E-state index in [0.717, 1.165) is 64.6 Å². The molecule has 86 heavy (non-hydrogen) atoms. The van der Waals surface area contributed by atoms with Crippen LogP contribution in [0.25, 0.3) is 43.4 Å². The highest BCUT2D eigenvalue weighted by Gasteiger charge is 2.25. The number of nitriles is 2. The van der Waals surface area contributed by atoms with Gasteiger partial charge < -0.3 is 21.5 Å². The minimum atomic E-state index is -5.05. The van der Waals surface area contributed by atoms with E-state index in [4.69, 9.17) is 0 Å². The summed E-state index contributed by atoms with van der Waals surface area (Å²) < 4.78 is 170. The van der Waals surface area contributed by atoms with E-state index in [1.54, 1.807) is 13.0 Å². The number of hydrazine groups is 2. The molecule has 0 saturated heterocycles. The fraction of sp³-hybridized carbons (Fsp3) is 0.0185. The molecule has 0 atom stereocenters. The van der Waals surface area contributed by atoms with Gasteiger partial charge in [-0.25, -0.2) is 4.98 Å². The Morgan fingerprint density at radius 3 is 1.66 bits per heavy atom. The Morgan fingerprint density at radius 1 is 0.477 bits per heavy atom. The van der Waals surface area contributed by atoms with Crippen LogP contribution in [-0.2, 0) is 50.6 Å². The average molecular weight is 1270 g/mol. The first-order valence-electron chi connectivity index (χ1n) is 24.3. The third kappa shape index (κ3) is 12.6. The van der Waals surface area contributed by atoms with Crippen molar-refractivity contribution in [3.05, 3.63) is 168 Å². The normalized spacial score (nSPS) is 12.2. The van der Waals surface area contributed by atoms with Crippen LogP contribution in [0.2, 0.25) is 0 Å². The molecule has 2 heterocycles. The summed E-state index contributed by atoms with van der Waals surface area (Å²) in [7, 11) is -23.9. The van der Waals surface area contributed by atoms with Crippen molar-refractivity contribution < 1.29 is 64.9 Å². The molecule has 0 aliphatic rings. The summed E-state index contributed by atoms with van der Waals surface area (Å²) in [6.07, 6.45) is 0. The number of hydrogen-bond acceptors (Lipinski definition) is 22. The van der Waals surface area contributed by atoms with Crippen molar-refractivity contribution in [3.63, 3.8) is 0 Å². The van der Waals surface area contributed by atoms with Crippen LogP contribution in [0.3, 0.4) is 0 Å². The van der Waals surface area contributed by atoms with Crippen LogP contribution in [0, 0.1) is 29.6 Å². The molecule has 0 aliphatic carbocycles. The van der Waals surface area contributed by atoms with Gasteiger partial charge in [-0.3, -0.25) is 33.6 Å². The van der Waals surface area contributed by atoms with E-state index in [0.29, 0.717) is 17.2 Å². The first-order valence-corrected chi connectivity index (χ1v) is 32.3. The third-order valence-corrected chi connectivity index (χ3v) is 18.3. The van der Waals surface area contributed by atoms with Gasteiger partial charge in [-0.15, -0.1) is 10.2 Å². The van der Waals surface area contributed by atoms with Gasteiger partial charge in [0, 0.05) is 33.1 Å². The molecule has 32 heteroatoms. The molecule has 0 unspecified atom stereocenters. The van der Waals surface area contributed by atoms with Crippen LogP contribution in [0.1, 0.15) is 16.7 Å². The Balaban J connectivity index is 1.04. The molecule has 8 aromatic carbocycles. The second-order valence-electron chi connectivity index (χ2n) is 18.5. The van der Waals surface area contributed by atoms with Crippen LogP contribution >= 0.6 is 11.3 Å². The van der Waals surface area contributed by atoms with Crippen LogP contribution in [-0.4, -0.2) is 69.8 Å². The van der Waals surface area contributed by atoms with E-state index in [-0.39, 0.29) is 94.0 Å². The molecule has 0 amide bonds. The Morgan fingerprint density at radius 2 is 1.06 bits per heavy atom. The summed E-state index contributed by atoms with van der Waals surface area (Å²) in [5, 5.41) is 39.1. The van der Waals surface area contributed by atoms with E-state index >= 15 is 0 Å². The minimum absolute atomic E-state index is 0.00739. The predicted octanol–water partition coefficient (Wildman–Crippen LogP) is 11.3. The average Bonchev–Trinajstić information content (AvgIpc) is 1.58. The summed E-state index contributed by atoms with van der Waals surface area (Å²) in [4.78, 5) is 1.73. The van der Waals surface area contributed by atoms with Crippen molar-refractivity contribution in [2.24, 2.45) is 10.2 Å². The number of anilines is 8. The number of nitrogens with one attached hydrogen (secondary N) is 6. The molecule has 0 saturated carbocycles. The van der Waals surface area contributed by atoms with Gasteiger partial charge in [0.2, 0.25) is 0 Å². The minimum Gasteiger partial charge on any atom is -0.339 e. The fourth-order valence-corrected chi connectivity index (χ4v) is 12.7. The molecule has 0 bridgehead atoms. The summed E-state index contributed by atoms with van der Waals surface area (Å²) in [5.74, 6) is -0.0277. The van der Waals surface area contributed by atoms with Gasteiger partial charge in [-0.1, -0.05) is 59.9 Å². The molecule has 0 radical (unpaired) electrons. The largest absolute Gasteiger partial charge is 0.339 e. The van der Waals surface area contributed by atoms with Gasteiger partial charge >= 0.3 is 0 Å². The molecular formula is C54H39N11O15S6. The van der Waals surface area contributed by atoms with Crippen molar-refractivity contribution in [1.82, 2.24) is 4.98 Å². The highest BCUT2D eigenvalue weighted by Crippen LogP contribution is 2.48. The van der Waals surface area contributed by atoms with Crippen molar-refractivity contribution in [2.45, 2.75) is 31.4 Å². The number of rotatable bonds is 18. The molecule has 0 aliphatic heterocycles. The van der Waals surface area contributed by atoms with Gasteiger partial charge in [0.25, 0.3) is 50.6 Å². The molecule has 0 spiro atoms. The summed E-state index contributed by atoms with van der Waals surface area (Å²) in [6.45, 7) is 1.57. The van der Waals surface area contributed by atoms with Gasteiger partial charge in [0.15, 0.2) is 11.6 Å².